The highest BCUT2D eigenvalue weighted by atomic mass is 35.5. The largest absolute Gasteiger partial charge is 0.242 e. The average Bonchev–Trinajstić information content (AvgIpc) is 2.37. The summed E-state index contributed by atoms with van der Waals surface area (Å²) in [5.41, 5.74) is 2.16. The minimum atomic E-state index is -1.04. The molecular weight excluding hydrogens is 266 g/mol. The quantitative estimate of drug-likeness (QED) is 0.562. The normalized spacial score (nSPS) is 37.5. The van der Waals surface area contributed by atoms with Crippen molar-refractivity contribution < 1.29 is 8.78 Å². The Labute approximate surface area is 116 Å². The molecule has 3 atom stereocenters. The highest BCUT2D eigenvalue weighted by molar-refractivity contribution is 6.22. The van der Waals surface area contributed by atoms with Crippen LogP contribution in [0.5, 0.6) is 0 Å². The van der Waals surface area contributed by atoms with Gasteiger partial charge in [0.05, 0.1) is 11.3 Å². The number of halogens is 3. The first-order chi connectivity index (χ1) is 9.16. The molecule has 19 heavy (non-hydrogen) atoms. The van der Waals surface area contributed by atoms with Gasteiger partial charge in [-0.2, -0.15) is 0 Å². The van der Waals surface area contributed by atoms with E-state index in [-0.39, 0.29) is 5.83 Å². The molecule has 0 fully saturated rings. The molecule has 0 nitrogen and oxygen atoms in total. The van der Waals surface area contributed by atoms with Crippen LogP contribution in [0.4, 0.5) is 8.78 Å². The summed E-state index contributed by atoms with van der Waals surface area (Å²) in [5.74, 6) is -0.792. The van der Waals surface area contributed by atoms with E-state index in [0.29, 0.717) is 12.0 Å². The molecule has 98 valence electrons. The van der Waals surface area contributed by atoms with Gasteiger partial charge in [-0.05, 0) is 22.8 Å². The highest BCUT2D eigenvalue weighted by Crippen LogP contribution is 2.37. The highest BCUT2D eigenvalue weighted by Gasteiger charge is 2.29. The Balaban J connectivity index is 2.14. The van der Waals surface area contributed by atoms with Crippen LogP contribution in [0.1, 0.15) is 6.42 Å². The second kappa shape index (κ2) is 4.93. The monoisotopic (exact) mass is 278 g/mol. The minimum Gasteiger partial charge on any atom is -0.242 e. The van der Waals surface area contributed by atoms with Crippen LogP contribution in [0.15, 0.2) is 71.2 Å². The topological polar surface area (TPSA) is 0 Å². The molecule has 0 aromatic heterocycles. The summed E-state index contributed by atoms with van der Waals surface area (Å²) in [6.07, 6.45) is 13.2. The van der Waals surface area contributed by atoms with Crippen LogP contribution in [-0.4, -0.2) is 11.5 Å². The van der Waals surface area contributed by atoms with E-state index >= 15 is 0 Å². The molecule has 0 saturated carbocycles. The Kier molecular flexibility index (Phi) is 3.28. The fraction of sp³-hybridized carbons (Fsp3) is 0.250. The SMILES string of the molecule is FC1=CC=C/C2=C/C3=C(C=CCC3F)/C=C\C(Cl)C12. The summed E-state index contributed by atoms with van der Waals surface area (Å²) in [6.45, 7) is 0. The van der Waals surface area contributed by atoms with Crippen molar-refractivity contribution in [3.63, 3.8) is 0 Å². The molecule has 3 rings (SSSR count). The van der Waals surface area contributed by atoms with Crippen molar-refractivity contribution in [1.82, 2.24) is 0 Å². The first-order valence-corrected chi connectivity index (χ1v) is 6.73. The number of hydrogen-bond donors (Lipinski definition) is 0. The number of hydrogen-bond acceptors (Lipinski definition) is 0. The van der Waals surface area contributed by atoms with E-state index in [1.165, 1.54) is 6.08 Å². The fourth-order valence-electron chi connectivity index (χ4n) is 2.62. The molecule has 3 aliphatic rings. The third-order valence-electron chi connectivity index (χ3n) is 3.61. The molecule has 0 spiro atoms. The van der Waals surface area contributed by atoms with Gasteiger partial charge < -0.3 is 0 Å². The molecule has 0 amide bonds. The van der Waals surface area contributed by atoms with Crippen molar-refractivity contribution in [2.45, 2.75) is 18.0 Å². The molecule has 0 N–H and O–H groups in total. The van der Waals surface area contributed by atoms with E-state index in [1.54, 1.807) is 30.4 Å². The van der Waals surface area contributed by atoms with Gasteiger partial charge in [-0.15, -0.1) is 11.6 Å². The molecule has 3 aliphatic carbocycles. The molecule has 0 bridgehead atoms. The van der Waals surface area contributed by atoms with Crippen LogP contribution in [0.2, 0.25) is 0 Å². The predicted molar refractivity (Wildman–Crippen MR) is 74.4 cm³/mol. The lowest BCUT2D eigenvalue weighted by Crippen LogP contribution is -2.20. The van der Waals surface area contributed by atoms with Crippen molar-refractivity contribution in [2.75, 3.05) is 0 Å². The first kappa shape index (κ1) is 12.6. The standard InChI is InChI=1S/C16H13ClF2/c17-13-8-7-10-3-1-5-14(18)12(10)9-11-4-2-6-15(19)16(11)13/h1-4,6-9,13-14,16H,5H2/b8-7-,11-9-. The molecule has 3 heteroatoms. The Morgan fingerprint density at radius 1 is 1.21 bits per heavy atom. The third-order valence-corrected chi connectivity index (χ3v) is 4.01. The van der Waals surface area contributed by atoms with Gasteiger partial charge in [-0.1, -0.05) is 42.5 Å². The van der Waals surface area contributed by atoms with Crippen molar-refractivity contribution in [3.8, 4) is 0 Å². The zero-order valence-electron chi connectivity index (χ0n) is 10.2. The van der Waals surface area contributed by atoms with E-state index in [0.717, 1.165) is 11.1 Å². The molecule has 0 saturated heterocycles. The van der Waals surface area contributed by atoms with Crippen LogP contribution in [0.3, 0.4) is 0 Å². The Bertz CT molecular complexity index is 576. The van der Waals surface area contributed by atoms with Crippen LogP contribution in [-0.2, 0) is 0 Å². The molecule has 0 heterocycles. The lowest BCUT2D eigenvalue weighted by atomic mass is 9.83. The second-order valence-corrected chi connectivity index (χ2v) is 5.36. The van der Waals surface area contributed by atoms with E-state index in [1.807, 2.05) is 12.2 Å². The minimum absolute atomic E-state index is 0.274. The van der Waals surface area contributed by atoms with Crippen molar-refractivity contribution in [2.24, 2.45) is 5.92 Å². The van der Waals surface area contributed by atoms with E-state index in [9.17, 15) is 8.78 Å². The van der Waals surface area contributed by atoms with Gasteiger partial charge in [0.2, 0.25) is 0 Å². The Morgan fingerprint density at radius 2 is 2.05 bits per heavy atom. The molecule has 0 aromatic carbocycles. The number of fused-ring (bicyclic) bond motifs is 1. The van der Waals surface area contributed by atoms with E-state index in [4.69, 9.17) is 11.6 Å². The maximum atomic E-state index is 14.0. The van der Waals surface area contributed by atoms with Crippen molar-refractivity contribution >= 4 is 11.6 Å². The number of rotatable bonds is 0. The first-order valence-electron chi connectivity index (χ1n) is 6.29. The number of alkyl halides is 2. The summed E-state index contributed by atoms with van der Waals surface area (Å²) in [5, 5.41) is -0.463. The van der Waals surface area contributed by atoms with Crippen molar-refractivity contribution in [1.29, 1.82) is 0 Å². The Hall–Kier alpha value is -1.41. The van der Waals surface area contributed by atoms with Crippen molar-refractivity contribution in [3.05, 3.63) is 71.2 Å². The van der Waals surface area contributed by atoms with E-state index < -0.39 is 17.5 Å². The van der Waals surface area contributed by atoms with Gasteiger partial charge in [0.15, 0.2) is 0 Å². The van der Waals surface area contributed by atoms with Crippen LogP contribution in [0.25, 0.3) is 0 Å². The molecular formula is C16H13ClF2. The Morgan fingerprint density at radius 3 is 2.89 bits per heavy atom. The lowest BCUT2D eigenvalue weighted by Gasteiger charge is -2.26. The maximum absolute atomic E-state index is 14.0. The van der Waals surface area contributed by atoms with Gasteiger partial charge >= 0.3 is 0 Å². The van der Waals surface area contributed by atoms with Gasteiger partial charge in [-0.25, -0.2) is 8.78 Å². The third kappa shape index (κ3) is 2.25. The molecule has 3 unspecified atom stereocenters. The second-order valence-electron chi connectivity index (χ2n) is 4.85. The predicted octanol–water partition coefficient (Wildman–Crippen LogP) is 4.72. The lowest BCUT2D eigenvalue weighted by molar-refractivity contribution is 0.386. The zero-order valence-corrected chi connectivity index (χ0v) is 10.9. The zero-order chi connectivity index (χ0) is 13.4. The van der Waals surface area contributed by atoms with Crippen LogP contribution >= 0.6 is 11.6 Å². The van der Waals surface area contributed by atoms with Gasteiger partial charge in [0.25, 0.3) is 0 Å². The van der Waals surface area contributed by atoms with Gasteiger partial charge in [0.1, 0.15) is 12.0 Å². The van der Waals surface area contributed by atoms with Gasteiger partial charge in [-0.3, -0.25) is 0 Å². The smallest absolute Gasteiger partial charge is 0.129 e. The summed E-state index contributed by atoms with van der Waals surface area (Å²) >= 11 is 6.25. The maximum Gasteiger partial charge on any atom is 0.129 e. The summed E-state index contributed by atoms with van der Waals surface area (Å²) in [6, 6.07) is 0. The molecule has 0 aromatic rings. The van der Waals surface area contributed by atoms with Crippen LogP contribution < -0.4 is 0 Å². The molecule has 0 aliphatic heterocycles. The summed E-state index contributed by atoms with van der Waals surface area (Å²) in [4.78, 5) is 0. The average molecular weight is 279 g/mol. The fourth-order valence-corrected chi connectivity index (χ4v) is 2.96. The van der Waals surface area contributed by atoms with Gasteiger partial charge in [0, 0.05) is 6.42 Å². The molecule has 0 radical (unpaired) electrons. The summed E-state index contributed by atoms with van der Waals surface area (Å²) in [7, 11) is 0. The number of allylic oxidation sites excluding steroid dienone is 12. The van der Waals surface area contributed by atoms with E-state index in [2.05, 4.69) is 0 Å². The summed E-state index contributed by atoms with van der Waals surface area (Å²) < 4.78 is 28.0. The van der Waals surface area contributed by atoms with Crippen LogP contribution in [0, 0.1) is 5.92 Å².